The van der Waals surface area contributed by atoms with Crippen LogP contribution in [0, 0.1) is 0 Å². The minimum atomic E-state index is -0.821. The Hall–Kier alpha value is -2.24. The lowest BCUT2D eigenvalue weighted by atomic mass is 10.1. The van der Waals surface area contributed by atoms with E-state index >= 15 is 0 Å². The maximum absolute atomic E-state index is 12.0. The Labute approximate surface area is 130 Å². The van der Waals surface area contributed by atoms with E-state index in [-0.39, 0.29) is 18.8 Å². The van der Waals surface area contributed by atoms with Gasteiger partial charge in [-0.25, -0.2) is 4.79 Å². The van der Waals surface area contributed by atoms with E-state index in [9.17, 15) is 9.59 Å². The second kappa shape index (κ2) is 7.68. The van der Waals surface area contributed by atoms with Crippen LogP contribution in [0.15, 0.2) is 18.2 Å². The Kier molecular flexibility index (Phi) is 6.22. The van der Waals surface area contributed by atoms with Gasteiger partial charge in [-0.15, -0.1) is 0 Å². The predicted octanol–water partition coefficient (Wildman–Crippen LogP) is 3.11. The minimum absolute atomic E-state index is 0.0385. The number of carbonyl (C=O) groups is 2. The molecule has 0 aliphatic heterocycles. The number of benzene rings is 1. The van der Waals surface area contributed by atoms with E-state index in [1.165, 1.54) is 7.11 Å². The third-order valence-electron chi connectivity index (χ3n) is 2.48. The van der Waals surface area contributed by atoms with Crippen molar-refractivity contribution < 1.29 is 28.5 Å². The lowest BCUT2D eigenvalue weighted by Crippen LogP contribution is -2.25. The highest BCUT2D eigenvalue weighted by molar-refractivity contribution is 5.75. The lowest BCUT2D eigenvalue weighted by molar-refractivity contribution is -0.153. The van der Waals surface area contributed by atoms with Crippen LogP contribution in [0.1, 0.15) is 33.3 Å². The first-order valence-electron chi connectivity index (χ1n) is 6.98. The molecule has 0 saturated heterocycles. The first-order valence-corrected chi connectivity index (χ1v) is 6.98. The molecule has 6 heteroatoms. The fourth-order valence-electron chi connectivity index (χ4n) is 1.69. The average molecular weight is 310 g/mol. The van der Waals surface area contributed by atoms with E-state index in [4.69, 9.17) is 18.9 Å². The molecule has 6 nitrogen and oxygen atoms in total. The summed E-state index contributed by atoms with van der Waals surface area (Å²) in [6, 6.07) is 4.81. The first-order chi connectivity index (χ1) is 10.2. The van der Waals surface area contributed by atoms with E-state index < -0.39 is 17.7 Å². The minimum Gasteiger partial charge on any atom is -0.497 e. The summed E-state index contributed by atoms with van der Waals surface area (Å²) in [5.41, 5.74) is -0.0976. The molecule has 22 heavy (non-hydrogen) atoms. The maximum atomic E-state index is 12.0. The third kappa shape index (κ3) is 6.03. The van der Waals surface area contributed by atoms with E-state index in [0.29, 0.717) is 11.3 Å². The molecule has 0 amide bonds. The molecule has 0 heterocycles. The number of carbonyl (C=O) groups excluding carboxylic acids is 2. The average Bonchev–Trinajstić information content (AvgIpc) is 2.38. The predicted molar refractivity (Wildman–Crippen MR) is 80.2 cm³/mol. The van der Waals surface area contributed by atoms with E-state index in [1.54, 1.807) is 45.9 Å². The van der Waals surface area contributed by atoms with Gasteiger partial charge < -0.3 is 18.9 Å². The molecule has 1 aromatic carbocycles. The maximum Gasteiger partial charge on any atom is 0.513 e. The molecule has 0 aliphatic rings. The number of esters is 1. The smallest absolute Gasteiger partial charge is 0.497 e. The monoisotopic (exact) mass is 310 g/mol. The Morgan fingerprint density at radius 2 is 1.86 bits per heavy atom. The van der Waals surface area contributed by atoms with Crippen LogP contribution in [0.5, 0.6) is 11.5 Å². The quantitative estimate of drug-likeness (QED) is 0.614. The van der Waals surface area contributed by atoms with Crippen LogP contribution in [-0.2, 0) is 20.7 Å². The first kappa shape index (κ1) is 17.8. The molecular formula is C16H22O6. The Morgan fingerprint density at radius 3 is 2.41 bits per heavy atom. The van der Waals surface area contributed by atoms with Crippen LogP contribution in [0.4, 0.5) is 4.79 Å². The summed E-state index contributed by atoms with van der Waals surface area (Å²) < 4.78 is 20.2. The van der Waals surface area contributed by atoms with Crippen molar-refractivity contribution in [1.82, 2.24) is 0 Å². The van der Waals surface area contributed by atoms with Crippen molar-refractivity contribution >= 4 is 12.1 Å². The van der Waals surface area contributed by atoms with Gasteiger partial charge in [-0.05, 0) is 45.9 Å². The van der Waals surface area contributed by atoms with Gasteiger partial charge in [-0.1, -0.05) is 0 Å². The summed E-state index contributed by atoms with van der Waals surface area (Å²) in [4.78, 5) is 23.4. The van der Waals surface area contributed by atoms with Crippen molar-refractivity contribution in [1.29, 1.82) is 0 Å². The second-order valence-electron chi connectivity index (χ2n) is 5.52. The van der Waals surface area contributed by atoms with Crippen molar-refractivity contribution in [3.8, 4) is 11.5 Å². The number of hydrogen-bond donors (Lipinski definition) is 0. The fourth-order valence-corrected chi connectivity index (χ4v) is 1.69. The van der Waals surface area contributed by atoms with Gasteiger partial charge in [0.2, 0.25) is 0 Å². The van der Waals surface area contributed by atoms with Crippen molar-refractivity contribution in [3.05, 3.63) is 23.8 Å². The number of rotatable bonds is 5. The number of ether oxygens (including phenoxy) is 4. The molecule has 0 atom stereocenters. The van der Waals surface area contributed by atoms with Gasteiger partial charge in [0.15, 0.2) is 0 Å². The fraction of sp³-hybridized carbons (Fsp3) is 0.500. The van der Waals surface area contributed by atoms with Crippen LogP contribution in [0.3, 0.4) is 0 Å². The van der Waals surface area contributed by atoms with Crippen LogP contribution in [-0.4, -0.2) is 31.4 Å². The van der Waals surface area contributed by atoms with E-state index in [0.717, 1.165) is 0 Å². The van der Waals surface area contributed by atoms with Gasteiger partial charge in [-0.3, -0.25) is 4.79 Å². The molecule has 0 fully saturated rings. The van der Waals surface area contributed by atoms with Crippen molar-refractivity contribution in [2.45, 2.75) is 39.7 Å². The molecule has 0 aromatic heterocycles. The molecule has 122 valence electrons. The molecule has 0 unspecified atom stereocenters. The van der Waals surface area contributed by atoms with Gasteiger partial charge >= 0.3 is 12.1 Å². The largest absolute Gasteiger partial charge is 0.513 e. The van der Waals surface area contributed by atoms with Gasteiger partial charge in [-0.2, -0.15) is 0 Å². The summed E-state index contributed by atoms with van der Waals surface area (Å²) in [7, 11) is 1.51. The molecule has 0 spiro atoms. The summed E-state index contributed by atoms with van der Waals surface area (Å²) >= 11 is 0. The van der Waals surface area contributed by atoms with Crippen LogP contribution in [0.2, 0.25) is 0 Å². The molecule has 0 saturated carbocycles. The summed E-state index contributed by atoms with van der Waals surface area (Å²) in [5, 5.41) is 0. The van der Waals surface area contributed by atoms with Gasteiger partial charge in [0, 0.05) is 5.56 Å². The Morgan fingerprint density at radius 1 is 1.18 bits per heavy atom. The van der Waals surface area contributed by atoms with Crippen LogP contribution < -0.4 is 9.47 Å². The second-order valence-corrected chi connectivity index (χ2v) is 5.52. The Balaban J connectivity index is 2.93. The highest BCUT2D eigenvalue weighted by Gasteiger charge is 2.19. The Bertz CT molecular complexity index is 530. The van der Waals surface area contributed by atoms with Crippen LogP contribution in [0.25, 0.3) is 0 Å². The van der Waals surface area contributed by atoms with Crippen molar-refractivity contribution in [2.24, 2.45) is 0 Å². The summed E-state index contributed by atoms with van der Waals surface area (Å²) in [6.07, 6.45) is -0.860. The van der Waals surface area contributed by atoms with Gasteiger partial charge in [0.1, 0.15) is 17.1 Å². The SMILES string of the molecule is CCOC(=O)Oc1ccc(OC)cc1CC(=O)OC(C)(C)C. The number of hydrogen-bond acceptors (Lipinski definition) is 6. The lowest BCUT2D eigenvalue weighted by Gasteiger charge is -2.20. The molecule has 0 aliphatic carbocycles. The van der Waals surface area contributed by atoms with Gasteiger partial charge in [0.05, 0.1) is 20.1 Å². The summed E-state index contributed by atoms with van der Waals surface area (Å²) in [5.74, 6) is 0.370. The standard InChI is InChI=1S/C16H22O6/c1-6-20-15(18)21-13-8-7-12(19-5)9-11(13)10-14(17)22-16(2,3)4/h7-9H,6,10H2,1-5H3. The zero-order valence-electron chi connectivity index (χ0n) is 13.6. The zero-order chi connectivity index (χ0) is 16.8. The zero-order valence-corrected chi connectivity index (χ0v) is 13.6. The molecular weight excluding hydrogens is 288 g/mol. The van der Waals surface area contributed by atoms with E-state index in [1.807, 2.05) is 0 Å². The number of methoxy groups -OCH3 is 1. The van der Waals surface area contributed by atoms with Gasteiger partial charge in [0.25, 0.3) is 0 Å². The highest BCUT2D eigenvalue weighted by atomic mass is 16.7. The molecule has 0 bridgehead atoms. The van der Waals surface area contributed by atoms with Crippen molar-refractivity contribution in [2.75, 3.05) is 13.7 Å². The molecule has 0 radical (unpaired) electrons. The van der Waals surface area contributed by atoms with Crippen molar-refractivity contribution in [3.63, 3.8) is 0 Å². The highest BCUT2D eigenvalue weighted by Crippen LogP contribution is 2.26. The molecule has 1 rings (SSSR count). The van der Waals surface area contributed by atoms with E-state index in [2.05, 4.69) is 0 Å². The third-order valence-corrected chi connectivity index (χ3v) is 2.48. The normalized spacial score (nSPS) is 10.8. The molecule has 0 N–H and O–H groups in total. The summed E-state index contributed by atoms with van der Waals surface area (Å²) in [6.45, 7) is 7.23. The molecule has 1 aromatic rings. The van der Waals surface area contributed by atoms with Crippen LogP contribution >= 0.6 is 0 Å². The topological polar surface area (TPSA) is 71.1 Å².